The quantitative estimate of drug-likeness (QED) is 0.453. The van der Waals surface area contributed by atoms with E-state index in [4.69, 9.17) is 5.11 Å². The van der Waals surface area contributed by atoms with Crippen molar-refractivity contribution in [3.8, 4) is 0 Å². The van der Waals surface area contributed by atoms with Gasteiger partial charge in [0.05, 0.1) is 6.61 Å². The lowest BCUT2D eigenvalue weighted by Crippen LogP contribution is -1.76. The molecule has 0 heterocycles. The van der Waals surface area contributed by atoms with Gasteiger partial charge in [0, 0.05) is 5.75 Å². The zero-order valence-electron chi connectivity index (χ0n) is 4.62. The molecule has 0 saturated heterocycles. The van der Waals surface area contributed by atoms with Crippen LogP contribution in [-0.2, 0) is 0 Å². The number of rotatable bonds is 2. The van der Waals surface area contributed by atoms with Crippen LogP contribution >= 0.6 is 37.9 Å². The highest BCUT2D eigenvalue weighted by Gasteiger charge is 1.58. The summed E-state index contributed by atoms with van der Waals surface area (Å²) in [5, 5.41) is 7.80. The van der Waals surface area contributed by atoms with Crippen molar-refractivity contribution in [3.05, 3.63) is 0 Å². The molecule has 0 aromatic carbocycles. The molecule has 1 N–H and O–H groups in total. The van der Waals surface area contributed by atoms with Crippen LogP contribution in [0.15, 0.2) is 0 Å². The second kappa shape index (κ2) is 15.7. The zero-order valence-corrected chi connectivity index (χ0v) is 7.30. The molecule has 1 nitrogen and oxygen atoms in total. The Balaban J connectivity index is 0. The molecule has 0 aromatic rings. The lowest BCUT2D eigenvalue weighted by Gasteiger charge is -1.69. The third kappa shape index (κ3) is 27.9. The van der Waals surface area contributed by atoms with E-state index in [1.165, 1.54) is 0 Å². The van der Waals surface area contributed by atoms with Gasteiger partial charge in [0.15, 0.2) is 0 Å². The summed E-state index contributed by atoms with van der Waals surface area (Å²) in [4.78, 5) is 0. The molecule has 0 rings (SSSR count). The lowest BCUT2D eigenvalue weighted by molar-refractivity contribution is 0.323. The van der Waals surface area contributed by atoms with Gasteiger partial charge in [-0.3, -0.25) is 0 Å². The van der Waals surface area contributed by atoms with E-state index >= 15 is 0 Å². The summed E-state index contributed by atoms with van der Waals surface area (Å²) in [5.74, 6) is 2.33. The molecule has 52 valence electrons. The first-order chi connectivity index (χ1) is 3.83. The summed E-state index contributed by atoms with van der Waals surface area (Å²) in [6.45, 7) is 0.184. The molecule has 0 aliphatic carbocycles. The Labute approximate surface area is 67.1 Å². The van der Waals surface area contributed by atoms with E-state index < -0.39 is 0 Å². The van der Waals surface area contributed by atoms with Crippen LogP contribution in [0.4, 0.5) is 0 Å². The third-order valence-corrected chi connectivity index (χ3v) is 1.20. The Kier molecular flexibility index (Phi) is 23.1. The molecule has 4 heteroatoms. The minimum Gasteiger partial charge on any atom is -0.396 e. The molecule has 0 atom stereocenters. The molecule has 0 unspecified atom stereocenters. The maximum absolute atomic E-state index is 7.80. The van der Waals surface area contributed by atoms with Crippen LogP contribution in [0.25, 0.3) is 0 Å². The first-order valence-electron chi connectivity index (χ1n) is 2.26. The van der Waals surface area contributed by atoms with Gasteiger partial charge < -0.3 is 5.11 Å². The highest BCUT2D eigenvalue weighted by molar-refractivity contribution is 7.84. The monoisotopic (exact) mass is 172 g/mol. The topological polar surface area (TPSA) is 20.2 Å². The minimum absolute atomic E-state index is 0.184. The summed E-state index contributed by atoms with van der Waals surface area (Å²) >= 11 is 11.4. The van der Waals surface area contributed by atoms with E-state index in [0.717, 1.165) is 11.5 Å². The van der Waals surface area contributed by atoms with Crippen molar-refractivity contribution >= 4 is 37.9 Å². The van der Waals surface area contributed by atoms with Gasteiger partial charge >= 0.3 is 0 Å². The maximum Gasteiger partial charge on any atom is 0.0519 e. The second-order valence-corrected chi connectivity index (χ2v) is 2.24. The van der Waals surface area contributed by atoms with Crippen molar-refractivity contribution in [2.24, 2.45) is 0 Å². The third-order valence-electron chi connectivity index (χ3n) is 0.200. The van der Waals surface area contributed by atoms with Crippen LogP contribution in [0.3, 0.4) is 0 Å². The smallest absolute Gasteiger partial charge is 0.0519 e. The van der Waals surface area contributed by atoms with E-state index in [9.17, 15) is 0 Å². The highest BCUT2D eigenvalue weighted by Crippen LogP contribution is 1.73. The highest BCUT2D eigenvalue weighted by atomic mass is 32.1. The van der Waals surface area contributed by atoms with E-state index in [2.05, 4.69) is 37.9 Å². The fraction of sp³-hybridized carbons (Fsp3) is 1.00. The minimum atomic E-state index is 0.184. The summed E-state index contributed by atoms with van der Waals surface area (Å²) < 4.78 is 0. The summed E-state index contributed by atoms with van der Waals surface area (Å²) in [7, 11) is 0. The van der Waals surface area contributed by atoms with E-state index in [1.54, 1.807) is 0 Å². The molecule has 0 aliphatic rings. The molecule has 0 aliphatic heterocycles. The average Bonchev–Trinajstić information content (AvgIpc) is 1.88. The van der Waals surface area contributed by atoms with Gasteiger partial charge in [-0.2, -0.15) is 37.9 Å². The largest absolute Gasteiger partial charge is 0.396 e. The molecule has 0 amide bonds. The van der Waals surface area contributed by atoms with E-state index in [-0.39, 0.29) is 6.61 Å². The van der Waals surface area contributed by atoms with Gasteiger partial charge in [-0.1, -0.05) is 0 Å². The number of aliphatic hydroxyl groups is 1. The Morgan fingerprint density at radius 1 is 0.875 bits per heavy atom. The Morgan fingerprint density at radius 2 is 1.12 bits per heavy atom. The fourth-order valence-corrected chi connectivity index (χ4v) is 0. The SMILES string of the molecule is OCCS.SCCS. The first kappa shape index (κ1) is 11.8. The molecule has 0 radical (unpaired) electrons. The summed E-state index contributed by atoms with van der Waals surface area (Å²) in [5.41, 5.74) is 0. The van der Waals surface area contributed by atoms with E-state index in [1.807, 2.05) is 0 Å². The van der Waals surface area contributed by atoms with Crippen molar-refractivity contribution in [1.29, 1.82) is 0 Å². The standard InChI is InChI=1S/C2H6OS.C2H6S2/c2*3-1-2-4/h2*3-4H,1-2H2. The van der Waals surface area contributed by atoms with Gasteiger partial charge in [-0.05, 0) is 11.5 Å². The van der Waals surface area contributed by atoms with Crippen molar-refractivity contribution in [1.82, 2.24) is 0 Å². The summed E-state index contributed by atoms with van der Waals surface area (Å²) in [6.07, 6.45) is 0. The van der Waals surface area contributed by atoms with Crippen LogP contribution in [0, 0.1) is 0 Å². The van der Waals surface area contributed by atoms with Gasteiger partial charge in [-0.25, -0.2) is 0 Å². The number of hydrogen-bond acceptors (Lipinski definition) is 4. The van der Waals surface area contributed by atoms with Crippen molar-refractivity contribution in [2.45, 2.75) is 0 Å². The van der Waals surface area contributed by atoms with Gasteiger partial charge in [0.2, 0.25) is 0 Å². The van der Waals surface area contributed by atoms with Crippen LogP contribution in [0.1, 0.15) is 0 Å². The molecule has 0 fully saturated rings. The Bertz CT molecular complexity index is 19.2. The van der Waals surface area contributed by atoms with Crippen LogP contribution in [0.2, 0.25) is 0 Å². The normalized spacial score (nSPS) is 7.50. The molecule has 0 bridgehead atoms. The molecule has 0 saturated carbocycles. The molecule has 0 aromatic heterocycles. The molecule has 0 spiro atoms. The van der Waals surface area contributed by atoms with Crippen LogP contribution < -0.4 is 0 Å². The van der Waals surface area contributed by atoms with E-state index in [0.29, 0.717) is 5.75 Å². The Morgan fingerprint density at radius 3 is 1.12 bits per heavy atom. The summed E-state index contributed by atoms with van der Waals surface area (Å²) in [6, 6.07) is 0. The van der Waals surface area contributed by atoms with Crippen molar-refractivity contribution in [3.63, 3.8) is 0 Å². The predicted octanol–water partition coefficient (Wildman–Crippen LogP) is 0.754. The number of hydrogen-bond donors (Lipinski definition) is 4. The van der Waals surface area contributed by atoms with Gasteiger partial charge in [0.1, 0.15) is 0 Å². The second-order valence-electron chi connectivity index (χ2n) is 0.894. The first-order valence-corrected chi connectivity index (χ1v) is 4.16. The number of thiol groups is 3. The molecular weight excluding hydrogens is 160 g/mol. The van der Waals surface area contributed by atoms with Gasteiger partial charge in [0.25, 0.3) is 0 Å². The Hall–Kier alpha value is 1.01. The molecule has 8 heavy (non-hydrogen) atoms. The van der Waals surface area contributed by atoms with Crippen molar-refractivity contribution in [2.75, 3.05) is 23.9 Å². The molecular formula is C4H12OS3. The van der Waals surface area contributed by atoms with Crippen molar-refractivity contribution < 1.29 is 5.11 Å². The average molecular weight is 172 g/mol. The van der Waals surface area contributed by atoms with Crippen LogP contribution in [-0.4, -0.2) is 29.0 Å². The lowest BCUT2D eigenvalue weighted by atomic mass is 10.9. The number of aliphatic hydroxyl groups excluding tert-OH is 1. The maximum atomic E-state index is 7.80. The zero-order chi connectivity index (χ0) is 6.83. The van der Waals surface area contributed by atoms with Gasteiger partial charge in [-0.15, -0.1) is 0 Å². The predicted molar refractivity (Wildman–Crippen MR) is 48.6 cm³/mol. The van der Waals surface area contributed by atoms with Crippen LogP contribution in [0.5, 0.6) is 0 Å². The fourth-order valence-electron chi connectivity index (χ4n) is 0.